The van der Waals surface area contributed by atoms with E-state index in [2.05, 4.69) is 48.1 Å². The Balaban J connectivity index is 1.89. The van der Waals surface area contributed by atoms with Crippen LogP contribution in [0.2, 0.25) is 0 Å². The highest BCUT2D eigenvalue weighted by Crippen LogP contribution is 2.27. The van der Waals surface area contributed by atoms with Crippen LogP contribution in [0, 0.1) is 6.92 Å². The average Bonchev–Trinajstić information content (AvgIpc) is 3.05. The zero-order chi connectivity index (χ0) is 13.5. The van der Waals surface area contributed by atoms with Gasteiger partial charge in [-0.25, -0.2) is 0 Å². The zero-order valence-corrected chi connectivity index (χ0v) is 13.4. The van der Waals surface area contributed by atoms with Crippen LogP contribution < -0.4 is 5.32 Å². The lowest BCUT2D eigenvalue weighted by Crippen LogP contribution is -2.22. The Morgan fingerprint density at radius 2 is 2.11 bits per heavy atom. The summed E-state index contributed by atoms with van der Waals surface area (Å²) in [6.07, 6.45) is 4.91. The molecule has 1 N–H and O–H groups in total. The summed E-state index contributed by atoms with van der Waals surface area (Å²) in [5, 5.41) is 8.09. The average molecular weight is 294 g/mol. The summed E-state index contributed by atoms with van der Waals surface area (Å²) >= 11 is 3.73. The molecule has 2 rings (SSSR count). The van der Waals surface area contributed by atoms with Crippen molar-refractivity contribution in [3.8, 4) is 0 Å². The second-order valence-electron chi connectivity index (χ2n) is 4.91. The van der Waals surface area contributed by atoms with E-state index < -0.39 is 0 Å². The summed E-state index contributed by atoms with van der Waals surface area (Å²) in [7, 11) is 0. The van der Waals surface area contributed by atoms with Gasteiger partial charge in [-0.2, -0.15) is 0 Å². The molecule has 0 saturated heterocycles. The van der Waals surface area contributed by atoms with Gasteiger partial charge in [-0.1, -0.05) is 13.0 Å². The van der Waals surface area contributed by atoms with Crippen molar-refractivity contribution < 1.29 is 0 Å². The maximum Gasteiger partial charge on any atom is 0.0331 e. The van der Waals surface area contributed by atoms with Crippen molar-refractivity contribution in [2.45, 2.75) is 45.6 Å². The van der Waals surface area contributed by atoms with Gasteiger partial charge in [-0.15, -0.1) is 22.7 Å². The van der Waals surface area contributed by atoms with Gasteiger partial charge in [0.15, 0.2) is 0 Å². The smallest absolute Gasteiger partial charge is 0.0331 e. The molecule has 0 bridgehead atoms. The molecule has 104 valence electrons. The van der Waals surface area contributed by atoms with Crippen molar-refractivity contribution in [3.05, 3.63) is 44.3 Å². The van der Waals surface area contributed by atoms with Crippen LogP contribution in [-0.2, 0) is 6.42 Å². The van der Waals surface area contributed by atoms with Gasteiger partial charge < -0.3 is 5.32 Å². The molecule has 0 aromatic carbocycles. The molecular formula is C16H23NS2. The Morgan fingerprint density at radius 3 is 2.74 bits per heavy atom. The molecule has 0 aliphatic heterocycles. The van der Waals surface area contributed by atoms with Crippen LogP contribution in [-0.4, -0.2) is 6.54 Å². The monoisotopic (exact) mass is 293 g/mol. The molecule has 0 aliphatic carbocycles. The first-order valence-electron chi connectivity index (χ1n) is 7.11. The quantitative estimate of drug-likeness (QED) is 0.707. The van der Waals surface area contributed by atoms with Crippen molar-refractivity contribution in [1.29, 1.82) is 0 Å². The Morgan fingerprint density at radius 1 is 1.21 bits per heavy atom. The second kappa shape index (κ2) is 7.83. The first kappa shape index (κ1) is 14.8. The van der Waals surface area contributed by atoms with Crippen LogP contribution in [0.1, 0.15) is 47.5 Å². The Labute approximate surface area is 124 Å². The van der Waals surface area contributed by atoms with Crippen molar-refractivity contribution in [1.82, 2.24) is 5.32 Å². The van der Waals surface area contributed by atoms with Gasteiger partial charge in [0.2, 0.25) is 0 Å². The lowest BCUT2D eigenvalue weighted by atomic mass is 10.0. The molecule has 0 radical (unpaired) electrons. The number of nitrogens with one attached hydrogen (secondary N) is 1. The largest absolute Gasteiger partial charge is 0.310 e. The third-order valence-electron chi connectivity index (χ3n) is 3.41. The number of hydrogen-bond acceptors (Lipinski definition) is 3. The number of aryl methyl sites for hydroxylation is 2. The molecule has 2 heterocycles. The van der Waals surface area contributed by atoms with Gasteiger partial charge >= 0.3 is 0 Å². The molecule has 3 heteroatoms. The van der Waals surface area contributed by atoms with Gasteiger partial charge in [-0.05, 0) is 67.6 Å². The summed E-state index contributed by atoms with van der Waals surface area (Å²) in [6.45, 7) is 5.58. The number of thiophene rings is 2. The predicted molar refractivity (Wildman–Crippen MR) is 87.3 cm³/mol. The molecule has 1 atom stereocenters. The Bertz CT molecular complexity index is 459. The minimum atomic E-state index is 0.533. The summed E-state index contributed by atoms with van der Waals surface area (Å²) in [4.78, 5) is 2.97. The molecule has 19 heavy (non-hydrogen) atoms. The van der Waals surface area contributed by atoms with E-state index >= 15 is 0 Å². The summed E-state index contributed by atoms with van der Waals surface area (Å²) in [6, 6.07) is 7.22. The molecule has 2 aromatic heterocycles. The van der Waals surface area contributed by atoms with Crippen LogP contribution in [0.3, 0.4) is 0 Å². The topological polar surface area (TPSA) is 12.0 Å². The van der Waals surface area contributed by atoms with E-state index in [9.17, 15) is 0 Å². The molecule has 2 aromatic rings. The summed E-state index contributed by atoms with van der Waals surface area (Å²) in [5.74, 6) is 0. The molecule has 0 aliphatic rings. The van der Waals surface area contributed by atoms with Crippen molar-refractivity contribution in [2.75, 3.05) is 6.54 Å². The van der Waals surface area contributed by atoms with E-state index in [4.69, 9.17) is 0 Å². The SMILES string of the molecule is CCCNC(CCCc1cccs1)c1ccsc1C. The first-order valence-corrected chi connectivity index (χ1v) is 8.87. The van der Waals surface area contributed by atoms with Crippen molar-refractivity contribution >= 4 is 22.7 Å². The molecule has 0 amide bonds. The maximum atomic E-state index is 3.70. The molecular weight excluding hydrogens is 270 g/mol. The van der Waals surface area contributed by atoms with E-state index in [0.717, 1.165) is 6.54 Å². The van der Waals surface area contributed by atoms with Gasteiger partial charge in [0.1, 0.15) is 0 Å². The van der Waals surface area contributed by atoms with Crippen LogP contribution in [0.4, 0.5) is 0 Å². The molecule has 0 fully saturated rings. The maximum absolute atomic E-state index is 3.70. The van der Waals surface area contributed by atoms with Crippen LogP contribution in [0.15, 0.2) is 29.0 Å². The van der Waals surface area contributed by atoms with Gasteiger partial charge in [0, 0.05) is 15.8 Å². The zero-order valence-electron chi connectivity index (χ0n) is 11.8. The lowest BCUT2D eigenvalue weighted by Gasteiger charge is -2.18. The second-order valence-corrected chi connectivity index (χ2v) is 7.06. The van der Waals surface area contributed by atoms with E-state index in [1.165, 1.54) is 41.0 Å². The summed E-state index contributed by atoms with van der Waals surface area (Å²) < 4.78 is 0. The lowest BCUT2D eigenvalue weighted by molar-refractivity contribution is 0.484. The summed E-state index contributed by atoms with van der Waals surface area (Å²) in [5.41, 5.74) is 1.50. The fourth-order valence-corrected chi connectivity index (χ4v) is 3.89. The number of rotatable bonds is 8. The molecule has 0 saturated carbocycles. The molecule has 0 spiro atoms. The highest BCUT2D eigenvalue weighted by molar-refractivity contribution is 7.10. The van der Waals surface area contributed by atoms with E-state index in [0.29, 0.717) is 6.04 Å². The standard InChI is InChI=1S/C16H23NS2/c1-3-10-17-16(15-9-12-18-13(15)2)8-4-6-14-7-5-11-19-14/h5,7,9,11-12,16-17H,3-4,6,8,10H2,1-2H3. The minimum absolute atomic E-state index is 0.533. The highest BCUT2D eigenvalue weighted by Gasteiger charge is 2.13. The minimum Gasteiger partial charge on any atom is -0.310 e. The molecule has 1 nitrogen and oxygen atoms in total. The van der Waals surface area contributed by atoms with Gasteiger partial charge in [0.05, 0.1) is 0 Å². The first-order chi connectivity index (χ1) is 9.31. The van der Waals surface area contributed by atoms with Crippen molar-refractivity contribution in [3.63, 3.8) is 0 Å². The van der Waals surface area contributed by atoms with E-state index in [1.807, 2.05) is 22.7 Å². The van der Waals surface area contributed by atoms with E-state index in [1.54, 1.807) is 0 Å². The van der Waals surface area contributed by atoms with Crippen LogP contribution >= 0.6 is 22.7 Å². The third kappa shape index (κ3) is 4.44. The van der Waals surface area contributed by atoms with Crippen molar-refractivity contribution in [2.24, 2.45) is 0 Å². The predicted octanol–water partition coefficient (Wildman–Crippen LogP) is 5.18. The van der Waals surface area contributed by atoms with Gasteiger partial charge in [-0.3, -0.25) is 0 Å². The Hall–Kier alpha value is -0.640. The highest BCUT2D eigenvalue weighted by atomic mass is 32.1. The fraction of sp³-hybridized carbons (Fsp3) is 0.500. The third-order valence-corrected chi connectivity index (χ3v) is 5.21. The molecule has 1 unspecified atom stereocenters. The van der Waals surface area contributed by atoms with E-state index in [-0.39, 0.29) is 0 Å². The Kier molecular flexibility index (Phi) is 6.08. The van der Waals surface area contributed by atoms with Crippen LogP contribution in [0.25, 0.3) is 0 Å². The normalized spacial score (nSPS) is 12.7. The van der Waals surface area contributed by atoms with Gasteiger partial charge in [0.25, 0.3) is 0 Å². The number of hydrogen-bond donors (Lipinski definition) is 1. The van der Waals surface area contributed by atoms with Crippen LogP contribution in [0.5, 0.6) is 0 Å². The fourth-order valence-electron chi connectivity index (χ4n) is 2.38.